The Labute approximate surface area is 477 Å². The Balaban J connectivity index is 1.27. The third-order valence-electron chi connectivity index (χ3n) is 12.2. The Morgan fingerprint density at radius 1 is 0.549 bits per heavy atom. The maximum Gasteiger partial charge on any atom is 0.295 e. The third-order valence-corrected chi connectivity index (χ3v) is 16.2. The molecular weight excluding hydrogens is 1140 g/mol. The van der Waals surface area contributed by atoms with Crippen LogP contribution in [0.4, 0.5) is 35.2 Å². The van der Waals surface area contributed by atoms with Crippen LogP contribution in [0.3, 0.4) is 0 Å². The summed E-state index contributed by atoms with van der Waals surface area (Å²) in [5.74, 6) is -1.25. The summed E-state index contributed by atoms with van der Waals surface area (Å²) in [5.41, 5.74) is -0.573. The summed E-state index contributed by atoms with van der Waals surface area (Å²) < 4.78 is 138. The lowest BCUT2D eigenvalue weighted by molar-refractivity contribution is -0.122. The standard InChI is InChI=1S/C53H65N11O14S4/c1-7-63(27-25-42(65)33-52(3,4)34-79(67,68)69)50-57-45(30-36-15-11-9-12-16-36)56-46(58-50)31-37-19-20-38(43(29-37)81(73,74)75)21-22-39-23-24-41(32-44(39)82(76,77)78)55-49-59-48(54-40-17-13-10-14-18-40)60-51(61-49)64(8-2)28-26-47(66)62-53(5,6)35-80(70,71)72/h9-24,29,32H,7-8,25-28,30-31,33-35H2,1-6H3,(H,62,66)(H,67,68,69)(H,70,71,72)(H,73,74,75)(H,76,77,78)(H2,54,55,59,60,61)/b22-21+. The molecule has 0 unspecified atom stereocenters. The van der Waals surface area contributed by atoms with Crippen molar-refractivity contribution in [2.75, 3.05) is 58.1 Å². The van der Waals surface area contributed by atoms with Crippen LogP contribution in [0, 0.1) is 5.41 Å². The molecule has 7 N–H and O–H groups in total. The van der Waals surface area contributed by atoms with E-state index in [1.165, 1.54) is 50.3 Å². The molecule has 0 atom stereocenters. The number of carbonyl (C=O) groups is 2. The summed E-state index contributed by atoms with van der Waals surface area (Å²) in [5, 5.41) is 8.61. The van der Waals surface area contributed by atoms with Gasteiger partial charge in [-0.25, -0.2) is 4.98 Å². The minimum atomic E-state index is -4.99. The maximum absolute atomic E-state index is 13.1. The zero-order valence-corrected chi connectivity index (χ0v) is 49.0. The van der Waals surface area contributed by atoms with Crippen LogP contribution in [0.15, 0.2) is 107 Å². The minimum absolute atomic E-state index is 0.00530. The normalized spacial score (nSPS) is 12.5. The molecule has 0 radical (unpaired) electrons. The highest BCUT2D eigenvalue weighted by molar-refractivity contribution is 7.86. The third kappa shape index (κ3) is 20.3. The molecule has 82 heavy (non-hydrogen) atoms. The summed E-state index contributed by atoms with van der Waals surface area (Å²) in [6, 6.07) is 26.2. The van der Waals surface area contributed by atoms with Crippen molar-refractivity contribution in [3.63, 3.8) is 0 Å². The van der Waals surface area contributed by atoms with Gasteiger partial charge in [0.05, 0.1) is 17.0 Å². The Morgan fingerprint density at radius 2 is 1.04 bits per heavy atom. The maximum atomic E-state index is 13.1. The molecule has 0 aliphatic heterocycles. The Morgan fingerprint density at radius 3 is 1.57 bits per heavy atom. The number of Topliss-reactive ketones (excluding diaryl/α,β-unsaturated/α-hetero) is 1. The van der Waals surface area contributed by atoms with Crippen molar-refractivity contribution in [3.8, 4) is 0 Å². The van der Waals surface area contributed by atoms with Crippen molar-refractivity contribution in [2.45, 2.75) is 89.0 Å². The van der Waals surface area contributed by atoms with Crippen molar-refractivity contribution >= 4 is 99.5 Å². The van der Waals surface area contributed by atoms with E-state index in [0.717, 1.165) is 11.6 Å². The Kier molecular flexibility index (Phi) is 20.8. The fraction of sp³-hybridized carbons (Fsp3) is 0.358. The fourth-order valence-electron chi connectivity index (χ4n) is 8.71. The monoisotopic (exact) mass is 1210 g/mol. The van der Waals surface area contributed by atoms with Crippen molar-refractivity contribution < 1.29 is 61.5 Å². The van der Waals surface area contributed by atoms with Gasteiger partial charge >= 0.3 is 0 Å². The van der Waals surface area contributed by atoms with Crippen LogP contribution in [0.5, 0.6) is 0 Å². The molecule has 25 nitrogen and oxygen atoms in total. The lowest BCUT2D eigenvalue weighted by Gasteiger charge is -2.26. The summed E-state index contributed by atoms with van der Waals surface area (Å²) in [6.45, 7) is 10.5. The molecular formula is C53H65N11O14S4. The topological polar surface area (TPSA) is 372 Å². The van der Waals surface area contributed by atoms with Crippen molar-refractivity contribution in [1.82, 2.24) is 35.2 Å². The predicted octanol–water partition coefficient (Wildman–Crippen LogP) is 6.48. The number of hydrogen-bond acceptors (Lipinski definition) is 20. The largest absolute Gasteiger partial charge is 0.350 e. The van der Waals surface area contributed by atoms with Gasteiger partial charge in [-0.3, -0.25) is 27.8 Å². The van der Waals surface area contributed by atoms with Gasteiger partial charge in [0, 0.05) is 69.7 Å². The van der Waals surface area contributed by atoms with E-state index < -0.39 is 78.6 Å². The average Bonchev–Trinajstić information content (AvgIpc) is 3.35. The number of nitrogens with one attached hydrogen (secondary N) is 3. The van der Waals surface area contributed by atoms with Gasteiger partial charge in [0.15, 0.2) is 0 Å². The van der Waals surface area contributed by atoms with E-state index >= 15 is 0 Å². The molecule has 0 bridgehead atoms. The van der Waals surface area contributed by atoms with Gasteiger partial charge in [-0.2, -0.15) is 58.6 Å². The van der Waals surface area contributed by atoms with E-state index in [0.29, 0.717) is 23.6 Å². The Bertz CT molecular complexity index is 3520. The van der Waals surface area contributed by atoms with Crippen molar-refractivity contribution in [2.24, 2.45) is 5.41 Å². The van der Waals surface area contributed by atoms with E-state index in [1.807, 2.05) is 37.3 Å². The first-order chi connectivity index (χ1) is 38.2. The molecule has 0 spiro atoms. The first kappa shape index (κ1) is 63.8. The average molecular weight is 1210 g/mol. The van der Waals surface area contributed by atoms with Gasteiger partial charge < -0.3 is 25.8 Å². The SMILES string of the molecule is CCN(CCC(=O)CC(C)(C)CS(=O)(=O)O)c1nc(Cc2ccccc2)nc(Cc2ccc(/C=C/c3ccc(Nc4nc(Nc5ccccc5)nc(N(CC)CCC(=O)NC(C)(C)CS(=O)(=O)O)n4)cc3S(=O)(=O)O)c(S(=O)(=O)O)c2)n1. The van der Waals surface area contributed by atoms with E-state index in [2.05, 4.69) is 40.9 Å². The van der Waals surface area contributed by atoms with Crippen LogP contribution in [0.25, 0.3) is 12.2 Å². The summed E-state index contributed by atoms with van der Waals surface area (Å²) in [4.78, 5) is 55.8. The quantitative estimate of drug-likeness (QED) is 0.0195. The van der Waals surface area contributed by atoms with Crippen LogP contribution in [-0.4, -0.2) is 137 Å². The fourth-order valence-corrected chi connectivity index (χ4v) is 12.2. The number of amides is 1. The van der Waals surface area contributed by atoms with Crippen LogP contribution in [0.1, 0.15) is 94.7 Å². The van der Waals surface area contributed by atoms with Gasteiger partial charge in [-0.05, 0) is 85.7 Å². The number of para-hydroxylation sites is 1. The molecule has 6 rings (SSSR count). The molecule has 0 aliphatic rings. The molecule has 2 aromatic heterocycles. The molecule has 0 saturated heterocycles. The summed E-state index contributed by atoms with van der Waals surface area (Å²) in [7, 11) is -18.7. The highest BCUT2D eigenvalue weighted by Gasteiger charge is 2.29. The molecule has 29 heteroatoms. The van der Waals surface area contributed by atoms with E-state index in [9.17, 15) is 61.5 Å². The molecule has 6 aromatic rings. The first-order valence-corrected chi connectivity index (χ1v) is 31.6. The number of nitrogens with zero attached hydrogens (tertiary/aromatic N) is 8. The van der Waals surface area contributed by atoms with E-state index in [1.54, 1.807) is 67.0 Å². The van der Waals surface area contributed by atoms with Crippen LogP contribution >= 0.6 is 0 Å². The van der Waals surface area contributed by atoms with Crippen LogP contribution in [0.2, 0.25) is 0 Å². The predicted molar refractivity (Wildman–Crippen MR) is 310 cm³/mol. The smallest absolute Gasteiger partial charge is 0.295 e. The number of carbonyl (C=O) groups excluding carboxylic acids is 2. The molecule has 440 valence electrons. The lowest BCUT2D eigenvalue weighted by atomic mass is 9.89. The number of ketones is 1. The van der Waals surface area contributed by atoms with Gasteiger partial charge in [0.2, 0.25) is 29.7 Å². The minimum Gasteiger partial charge on any atom is -0.350 e. The second-order valence-corrected chi connectivity index (χ2v) is 26.2. The summed E-state index contributed by atoms with van der Waals surface area (Å²) >= 11 is 0. The Hall–Kier alpha value is -7.38. The molecule has 0 saturated carbocycles. The first-order valence-electron chi connectivity index (χ1n) is 25.5. The van der Waals surface area contributed by atoms with E-state index in [4.69, 9.17) is 4.98 Å². The second kappa shape index (κ2) is 26.7. The highest BCUT2D eigenvalue weighted by Crippen LogP contribution is 2.29. The highest BCUT2D eigenvalue weighted by atomic mass is 32.2. The van der Waals surface area contributed by atoms with Gasteiger partial charge in [0.1, 0.15) is 27.2 Å². The molecule has 4 aromatic carbocycles. The van der Waals surface area contributed by atoms with Crippen LogP contribution < -0.4 is 25.8 Å². The molecule has 1 amide bonds. The lowest BCUT2D eigenvalue weighted by Crippen LogP contribution is -2.49. The summed E-state index contributed by atoms with van der Waals surface area (Å²) in [6.07, 6.45) is 2.44. The zero-order valence-electron chi connectivity index (χ0n) is 45.8. The van der Waals surface area contributed by atoms with Gasteiger partial charge in [-0.1, -0.05) is 92.7 Å². The van der Waals surface area contributed by atoms with Gasteiger partial charge in [-0.15, -0.1) is 0 Å². The number of benzene rings is 4. The van der Waals surface area contributed by atoms with E-state index in [-0.39, 0.29) is 104 Å². The second-order valence-electron chi connectivity index (χ2n) is 20.5. The molecule has 0 fully saturated rings. The van der Waals surface area contributed by atoms with Crippen molar-refractivity contribution in [1.29, 1.82) is 0 Å². The molecule has 2 heterocycles. The van der Waals surface area contributed by atoms with Crippen molar-refractivity contribution in [3.05, 3.63) is 131 Å². The van der Waals surface area contributed by atoms with Crippen LogP contribution in [-0.2, 0) is 62.9 Å². The number of aromatic nitrogens is 6. The molecule has 0 aliphatic carbocycles. The number of hydrogen-bond donors (Lipinski definition) is 7. The number of anilines is 6. The zero-order chi connectivity index (χ0) is 60.3. The van der Waals surface area contributed by atoms with Gasteiger partial charge in [0.25, 0.3) is 40.5 Å². The number of rotatable bonds is 29.